The number of urea groups is 1. The summed E-state index contributed by atoms with van der Waals surface area (Å²) in [5.74, 6) is 0.0867. The predicted molar refractivity (Wildman–Crippen MR) is 94.1 cm³/mol. The van der Waals surface area contributed by atoms with Crippen molar-refractivity contribution in [2.75, 3.05) is 7.05 Å². The van der Waals surface area contributed by atoms with E-state index in [0.717, 1.165) is 11.1 Å². The van der Waals surface area contributed by atoms with Crippen LogP contribution in [0.1, 0.15) is 38.8 Å². The highest BCUT2D eigenvalue weighted by molar-refractivity contribution is 5.93. The summed E-state index contributed by atoms with van der Waals surface area (Å²) in [7, 11) is 1.81. The predicted octanol–water partition coefficient (Wildman–Crippen LogP) is 2.93. The summed E-state index contributed by atoms with van der Waals surface area (Å²) < 4.78 is 6.17. The van der Waals surface area contributed by atoms with Crippen LogP contribution in [0.3, 0.4) is 0 Å². The van der Waals surface area contributed by atoms with Crippen molar-refractivity contribution in [1.29, 1.82) is 0 Å². The van der Waals surface area contributed by atoms with Crippen molar-refractivity contribution in [3.05, 3.63) is 47.5 Å². The van der Waals surface area contributed by atoms with Gasteiger partial charge < -0.3 is 14.5 Å². The van der Waals surface area contributed by atoms with Crippen molar-refractivity contribution in [3.8, 4) is 0 Å². The van der Waals surface area contributed by atoms with Crippen LogP contribution in [0.25, 0.3) is 0 Å². The van der Waals surface area contributed by atoms with E-state index in [1.165, 1.54) is 0 Å². The molecule has 2 fully saturated rings. The van der Waals surface area contributed by atoms with Crippen LogP contribution in [-0.4, -0.2) is 52.5 Å². The molecule has 1 aromatic rings. The van der Waals surface area contributed by atoms with Gasteiger partial charge in [0.1, 0.15) is 11.6 Å². The summed E-state index contributed by atoms with van der Waals surface area (Å²) >= 11 is 0. The molecule has 1 aromatic carbocycles. The Hall–Kier alpha value is -2.14. The smallest absolute Gasteiger partial charge is 0.321 e. The molecule has 25 heavy (non-hydrogen) atoms. The number of ether oxygens (including phenoxy) is 1. The molecular formula is C20H24N2O3. The SMILES string of the molecule is CC1=C[C@H]2CC(=O)[C@@H](N3C(=O)N(C)[C@@H](C)[C@H]3c3ccccc3)[C@]1(C)O2. The van der Waals surface area contributed by atoms with Gasteiger partial charge in [0.25, 0.3) is 0 Å². The molecule has 0 aromatic heterocycles. The standard InChI is InChI=1S/C20H24N2O3/c1-12-10-15-11-16(23)18(20(12,3)25-15)22-17(13(2)21(4)19(22)24)14-8-6-5-7-9-14/h5-10,13,15,17-18H,11H2,1-4H3/t13-,15-,17-,18+,20+/m0/s1. The summed E-state index contributed by atoms with van der Waals surface area (Å²) in [5.41, 5.74) is 1.34. The first-order valence-electron chi connectivity index (χ1n) is 8.84. The van der Waals surface area contributed by atoms with Crippen molar-refractivity contribution >= 4 is 11.8 Å². The maximum Gasteiger partial charge on any atom is 0.321 e. The fourth-order valence-electron chi connectivity index (χ4n) is 4.58. The minimum absolute atomic E-state index is 0.0188. The van der Waals surface area contributed by atoms with Gasteiger partial charge in [-0.2, -0.15) is 0 Å². The van der Waals surface area contributed by atoms with Crippen LogP contribution in [0.2, 0.25) is 0 Å². The van der Waals surface area contributed by atoms with Gasteiger partial charge in [-0.15, -0.1) is 0 Å². The first kappa shape index (κ1) is 16.3. The molecule has 2 amide bonds. The lowest BCUT2D eigenvalue weighted by molar-refractivity contribution is -0.151. The third kappa shape index (κ3) is 2.18. The summed E-state index contributed by atoms with van der Waals surface area (Å²) in [6, 6.07) is 9.07. The van der Waals surface area contributed by atoms with Crippen LogP contribution >= 0.6 is 0 Å². The summed E-state index contributed by atoms with van der Waals surface area (Å²) in [4.78, 5) is 29.6. The van der Waals surface area contributed by atoms with Crippen LogP contribution in [0, 0.1) is 0 Å². The molecule has 5 heteroatoms. The highest BCUT2D eigenvalue weighted by atomic mass is 16.5. The number of rotatable bonds is 2. The molecule has 0 radical (unpaired) electrons. The average Bonchev–Trinajstić information content (AvgIpc) is 2.94. The van der Waals surface area contributed by atoms with Crippen LogP contribution in [0.15, 0.2) is 42.0 Å². The molecule has 0 spiro atoms. The van der Waals surface area contributed by atoms with Crippen molar-refractivity contribution in [2.45, 2.75) is 57.0 Å². The minimum Gasteiger partial charge on any atom is -0.361 e. The maximum atomic E-state index is 13.1. The Morgan fingerprint density at radius 1 is 1.20 bits per heavy atom. The normalized spacial score (nSPS) is 37.7. The fraction of sp³-hybridized carbons (Fsp3) is 0.500. The topological polar surface area (TPSA) is 49.9 Å². The van der Waals surface area contributed by atoms with Gasteiger partial charge in [0.2, 0.25) is 0 Å². The van der Waals surface area contributed by atoms with Gasteiger partial charge in [-0.25, -0.2) is 4.79 Å². The van der Waals surface area contributed by atoms with Crippen molar-refractivity contribution in [2.24, 2.45) is 0 Å². The summed E-state index contributed by atoms with van der Waals surface area (Å²) in [6.07, 6.45) is 2.21. The van der Waals surface area contributed by atoms with Crippen molar-refractivity contribution in [1.82, 2.24) is 9.80 Å². The van der Waals surface area contributed by atoms with E-state index >= 15 is 0 Å². The van der Waals surface area contributed by atoms with Crippen molar-refractivity contribution < 1.29 is 14.3 Å². The molecule has 0 unspecified atom stereocenters. The van der Waals surface area contributed by atoms with E-state index < -0.39 is 11.6 Å². The lowest BCUT2D eigenvalue weighted by Crippen LogP contribution is -2.60. The zero-order chi connectivity index (χ0) is 17.9. The molecule has 2 saturated heterocycles. The first-order chi connectivity index (χ1) is 11.8. The van der Waals surface area contributed by atoms with E-state index in [2.05, 4.69) is 0 Å². The number of hydrogen-bond acceptors (Lipinski definition) is 3. The Morgan fingerprint density at radius 3 is 2.56 bits per heavy atom. The molecule has 0 aliphatic carbocycles. The summed E-state index contributed by atoms with van der Waals surface area (Å²) in [6.45, 7) is 5.97. The van der Waals surface area contributed by atoms with E-state index in [1.54, 1.807) is 16.8 Å². The lowest BCUT2D eigenvalue weighted by atomic mass is 9.83. The Bertz CT molecular complexity index is 759. The molecular weight excluding hydrogens is 316 g/mol. The van der Waals surface area contributed by atoms with Gasteiger partial charge >= 0.3 is 6.03 Å². The first-order valence-corrected chi connectivity index (χ1v) is 8.84. The molecule has 5 nitrogen and oxygen atoms in total. The molecule has 3 heterocycles. The van der Waals surface area contributed by atoms with E-state index in [-0.39, 0.29) is 30.0 Å². The Morgan fingerprint density at radius 2 is 1.88 bits per heavy atom. The zero-order valence-corrected chi connectivity index (χ0v) is 15.1. The monoisotopic (exact) mass is 340 g/mol. The van der Waals surface area contributed by atoms with Gasteiger partial charge in [-0.1, -0.05) is 36.4 Å². The fourth-order valence-corrected chi connectivity index (χ4v) is 4.58. The Kier molecular flexibility index (Phi) is 3.55. The number of nitrogens with zero attached hydrogens (tertiary/aromatic N) is 2. The van der Waals surface area contributed by atoms with E-state index in [1.807, 2.05) is 57.2 Å². The van der Waals surface area contributed by atoms with Crippen LogP contribution < -0.4 is 0 Å². The van der Waals surface area contributed by atoms with Crippen LogP contribution in [0.4, 0.5) is 4.79 Å². The third-order valence-corrected chi connectivity index (χ3v) is 6.15. The van der Waals surface area contributed by atoms with E-state index in [9.17, 15) is 9.59 Å². The van der Waals surface area contributed by atoms with Gasteiger partial charge in [0.05, 0.1) is 18.2 Å². The number of hydrogen-bond donors (Lipinski definition) is 0. The number of carbonyl (C=O) groups excluding carboxylic acids is 2. The zero-order valence-electron chi connectivity index (χ0n) is 15.1. The molecule has 0 N–H and O–H groups in total. The number of fused-ring (bicyclic) bond motifs is 2. The Labute approximate surface area is 148 Å². The molecule has 5 atom stereocenters. The molecule has 132 valence electrons. The minimum atomic E-state index is -0.742. The van der Waals surface area contributed by atoms with Crippen LogP contribution in [0.5, 0.6) is 0 Å². The van der Waals surface area contributed by atoms with Gasteiger partial charge in [-0.3, -0.25) is 4.79 Å². The van der Waals surface area contributed by atoms with Gasteiger partial charge in [0, 0.05) is 13.5 Å². The number of likely N-dealkylation sites (N-methyl/N-ethyl adjacent to an activating group) is 1. The summed E-state index contributed by atoms with van der Waals surface area (Å²) in [5, 5.41) is 0. The highest BCUT2D eigenvalue weighted by Gasteiger charge is 2.59. The second kappa shape index (κ2) is 5.43. The van der Waals surface area contributed by atoms with E-state index in [4.69, 9.17) is 4.74 Å². The largest absolute Gasteiger partial charge is 0.361 e. The number of carbonyl (C=O) groups is 2. The molecule has 0 saturated carbocycles. The molecule has 4 rings (SSSR count). The molecule has 3 aliphatic rings. The van der Waals surface area contributed by atoms with Gasteiger partial charge in [-0.05, 0) is 31.9 Å². The number of benzene rings is 1. The molecule has 2 bridgehead atoms. The van der Waals surface area contributed by atoms with Crippen molar-refractivity contribution in [3.63, 3.8) is 0 Å². The quantitative estimate of drug-likeness (QED) is 0.778. The number of Topliss-reactive ketones (excluding diaryl/α,β-unsaturated/α-hetero) is 1. The number of ketones is 1. The maximum absolute atomic E-state index is 13.1. The molecule has 3 aliphatic heterocycles. The van der Waals surface area contributed by atoms with Crippen LogP contribution in [-0.2, 0) is 9.53 Å². The highest BCUT2D eigenvalue weighted by Crippen LogP contribution is 2.47. The van der Waals surface area contributed by atoms with E-state index in [0.29, 0.717) is 6.42 Å². The third-order valence-electron chi connectivity index (χ3n) is 6.15. The second-order valence-corrected chi connectivity index (χ2v) is 7.58. The van der Waals surface area contributed by atoms with Gasteiger partial charge in [0.15, 0.2) is 5.78 Å². The Balaban J connectivity index is 1.82. The second-order valence-electron chi connectivity index (χ2n) is 7.58. The number of amides is 2. The lowest BCUT2D eigenvalue weighted by Gasteiger charge is -2.45. The average molecular weight is 340 g/mol.